The molecule has 1 aromatic carbocycles. The number of hydrogen-bond acceptors (Lipinski definition) is 2. The Morgan fingerprint density at radius 2 is 1.95 bits per heavy atom. The van der Waals surface area contributed by atoms with Crippen LogP contribution >= 0.6 is 27.5 Å². The molecule has 0 aliphatic heterocycles. The van der Waals surface area contributed by atoms with Crippen LogP contribution in [0.3, 0.4) is 0 Å². The monoisotopic (exact) mass is 341 g/mol. The maximum atomic E-state index is 6.32. The first kappa shape index (κ1) is 14.6. The molecule has 0 spiro atoms. The molecule has 0 radical (unpaired) electrons. The summed E-state index contributed by atoms with van der Waals surface area (Å²) in [4.78, 5) is 0. The Balaban J connectivity index is 2.28. The zero-order valence-electron chi connectivity index (χ0n) is 11.3. The van der Waals surface area contributed by atoms with Crippen LogP contribution in [0.4, 0.5) is 0 Å². The highest BCUT2D eigenvalue weighted by molar-refractivity contribution is 9.10. The van der Waals surface area contributed by atoms with Gasteiger partial charge < -0.3 is 10.2 Å². The first-order valence-corrected chi connectivity index (χ1v) is 7.33. The molecule has 102 valence electrons. The van der Waals surface area contributed by atoms with Gasteiger partial charge in [-0.15, -0.1) is 0 Å². The van der Waals surface area contributed by atoms with Gasteiger partial charge in [0.1, 0.15) is 11.5 Å². The molecule has 2 rings (SSSR count). The molecule has 1 unspecified atom stereocenters. The third kappa shape index (κ3) is 3.04. The van der Waals surface area contributed by atoms with Crippen LogP contribution in [0.5, 0.6) is 0 Å². The first-order chi connectivity index (χ1) is 8.90. The van der Waals surface area contributed by atoms with Gasteiger partial charge in [0.05, 0.1) is 0 Å². The second-order valence-electron chi connectivity index (χ2n) is 4.80. The van der Waals surface area contributed by atoms with Gasteiger partial charge in [-0.1, -0.05) is 33.6 Å². The lowest BCUT2D eigenvalue weighted by Gasteiger charge is -2.13. The van der Waals surface area contributed by atoms with Gasteiger partial charge in [-0.05, 0) is 50.5 Å². The number of aryl methyl sites for hydroxylation is 2. The van der Waals surface area contributed by atoms with Crippen molar-refractivity contribution in [2.45, 2.75) is 33.2 Å². The third-order valence-electron chi connectivity index (χ3n) is 3.44. The van der Waals surface area contributed by atoms with Crippen LogP contribution < -0.4 is 5.73 Å². The predicted octanol–water partition coefficient (Wildman–Crippen LogP) is 4.86. The van der Waals surface area contributed by atoms with Crippen molar-refractivity contribution in [1.29, 1.82) is 0 Å². The predicted molar refractivity (Wildman–Crippen MR) is 82.7 cm³/mol. The lowest BCUT2D eigenvalue weighted by Crippen LogP contribution is -2.15. The zero-order valence-corrected chi connectivity index (χ0v) is 13.6. The molecular weight excluding hydrogens is 326 g/mol. The van der Waals surface area contributed by atoms with Gasteiger partial charge in [-0.3, -0.25) is 0 Å². The van der Waals surface area contributed by atoms with Crippen LogP contribution in [0.2, 0.25) is 5.02 Å². The highest BCUT2D eigenvalue weighted by Crippen LogP contribution is 2.30. The van der Waals surface area contributed by atoms with Crippen LogP contribution in [0.1, 0.15) is 34.3 Å². The molecule has 0 bridgehead atoms. The van der Waals surface area contributed by atoms with Crippen molar-refractivity contribution in [2.75, 3.05) is 0 Å². The van der Waals surface area contributed by atoms with E-state index in [1.165, 1.54) is 0 Å². The third-order valence-corrected chi connectivity index (χ3v) is 4.29. The average Bonchev–Trinajstić information content (AvgIpc) is 2.57. The average molecular weight is 343 g/mol. The van der Waals surface area contributed by atoms with Crippen molar-refractivity contribution in [3.63, 3.8) is 0 Å². The van der Waals surface area contributed by atoms with E-state index in [1.54, 1.807) is 0 Å². The van der Waals surface area contributed by atoms with Gasteiger partial charge in [0.25, 0.3) is 0 Å². The topological polar surface area (TPSA) is 39.2 Å². The Morgan fingerprint density at radius 3 is 2.47 bits per heavy atom. The molecule has 0 saturated heterocycles. The standard InChI is InChI=1S/C15H17BrClNO/c1-8-9(2)19-10(3)15(8)14(18)6-11-4-5-12(16)7-13(11)17/h4-5,7,14H,6,18H2,1-3H3. The Bertz CT molecular complexity index is 606. The van der Waals surface area contributed by atoms with Crippen LogP contribution in [0.15, 0.2) is 27.1 Å². The van der Waals surface area contributed by atoms with Gasteiger partial charge >= 0.3 is 0 Å². The summed E-state index contributed by atoms with van der Waals surface area (Å²) in [5.74, 6) is 1.83. The lowest BCUT2D eigenvalue weighted by molar-refractivity contribution is 0.496. The Kier molecular flexibility index (Phi) is 4.39. The maximum Gasteiger partial charge on any atom is 0.106 e. The maximum absolute atomic E-state index is 6.32. The normalized spacial score (nSPS) is 12.7. The molecule has 0 aliphatic carbocycles. The van der Waals surface area contributed by atoms with E-state index in [4.69, 9.17) is 21.8 Å². The number of benzene rings is 1. The van der Waals surface area contributed by atoms with Crippen LogP contribution in [0.25, 0.3) is 0 Å². The van der Waals surface area contributed by atoms with Gasteiger partial charge in [-0.2, -0.15) is 0 Å². The van der Waals surface area contributed by atoms with Crippen molar-refractivity contribution >= 4 is 27.5 Å². The minimum atomic E-state index is -0.101. The van der Waals surface area contributed by atoms with Gasteiger partial charge in [0.15, 0.2) is 0 Å². The van der Waals surface area contributed by atoms with E-state index in [9.17, 15) is 0 Å². The van der Waals surface area contributed by atoms with Crippen molar-refractivity contribution in [3.05, 3.63) is 55.9 Å². The fourth-order valence-corrected chi connectivity index (χ4v) is 3.13. The van der Waals surface area contributed by atoms with Gasteiger partial charge in [0.2, 0.25) is 0 Å². The minimum absolute atomic E-state index is 0.101. The molecule has 1 heterocycles. The summed E-state index contributed by atoms with van der Waals surface area (Å²) in [5, 5.41) is 0.736. The zero-order chi connectivity index (χ0) is 14.2. The fraction of sp³-hybridized carbons (Fsp3) is 0.333. The SMILES string of the molecule is Cc1oc(C)c(C(N)Cc2ccc(Br)cc2Cl)c1C. The summed E-state index contributed by atoms with van der Waals surface area (Å²) in [6.07, 6.45) is 0.701. The van der Waals surface area contributed by atoms with E-state index in [2.05, 4.69) is 15.9 Å². The molecule has 0 saturated carbocycles. The van der Waals surface area contributed by atoms with Crippen LogP contribution in [-0.4, -0.2) is 0 Å². The van der Waals surface area contributed by atoms with E-state index < -0.39 is 0 Å². The van der Waals surface area contributed by atoms with E-state index in [0.717, 1.165) is 37.7 Å². The number of furan rings is 1. The summed E-state index contributed by atoms with van der Waals surface area (Å²) in [6, 6.07) is 5.78. The second-order valence-corrected chi connectivity index (χ2v) is 6.12. The lowest BCUT2D eigenvalue weighted by atomic mass is 9.96. The van der Waals surface area contributed by atoms with Crippen LogP contribution in [-0.2, 0) is 6.42 Å². The Morgan fingerprint density at radius 1 is 1.26 bits per heavy atom. The van der Waals surface area contributed by atoms with E-state index in [-0.39, 0.29) is 6.04 Å². The van der Waals surface area contributed by atoms with E-state index >= 15 is 0 Å². The highest BCUT2D eigenvalue weighted by Gasteiger charge is 2.19. The van der Waals surface area contributed by atoms with Crippen molar-refractivity contribution in [3.8, 4) is 0 Å². The van der Waals surface area contributed by atoms with Crippen LogP contribution in [0, 0.1) is 20.8 Å². The number of hydrogen-bond donors (Lipinski definition) is 1. The summed E-state index contributed by atoms with van der Waals surface area (Å²) in [7, 11) is 0. The first-order valence-electron chi connectivity index (χ1n) is 6.16. The fourth-order valence-electron chi connectivity index (χ4n) is 2.38. The quantitative estimate of drug-likeness (QED) is 0.865. The summed E-state index contributed by atoms with van der Waals surface area (Å²) < 4.78 is 6.61. The molecule has 4 heteroatoms. The number of halogens is 2. The van der Waals surface area contributed by atoms with Crippen molar-refractivity contribution in [1.82, 2.24) is 0 Å². The summed E-state index contributed by atoms with van der Waals surface area (Å²) in [6.45, 7) is 5.97. The van der Waals surface area contributed by atoms with Gasteiger partial charge in [0, 0.05) is 21.1 Å². The number of rotatable bonds is 3. The molecule has 2 N–H and O–H groups in total. The van der Waals surface area contributed by atoms with Gasteiger partial charge in [-0.25, -0.2) is 0 Å². The molecule has 1 atom stereocenters. The summed E-state index contributed by atoms with van der Waals surface area (Å²) in [5.41, 5.74) is 9.60. The Hall–Kier alpha value is -0.770. The van der Waals surface area contributed by atoms with E-state index in [1.807, 2.05) is 39.0 Å². The number of nitrogens with two attached hydrogens (primary N) is 1. The van der Waals surface area contributed by atoms with E-state index in [0.29, 0.717) is 6.42 Å². The smallest absolute Gasteiger partial charge is 0.106 e. The molecule has 0 fully saturated rings. The van der Waals surface area contributed by atoms with Crippen molar-refractivity contribution in [2.24, 2.45) is 5.73 Å². The largest absolute Gasteiger partial charge is 0.466 e. The molecule has 1 aromatic heterocycles. The molecule has 0 aliphatic rings. The molecule has 2 aromatic rings. The second kappa shape index (κ2) is 5.70. The molecule has 2 nitrogen and oxygen atoms in total. The molecular formula is C15H17BrClNO. The minimum Gasteiger partial charge on any atom is -0.466 e. The molecule has 0 amide bonds. The van der Waals surface area contributed by atoms with Crippen molar-refractivity contribution < 1.29 is 4.42 Å². The molecule has 19 heavy (non-hydrogen) atoms. The Labute approximate surface area is 127 Å². The summed E-state index contributed by atoms with van der Waals surface area (Å²) >= 11 is 9.64. The highest BCUT2D eigenvalue weighted by atomic mass is 79.9.